The minimum Gasteiger partial charge on any atom is -0.497 e. The Morgan fingerprint density at radius 3 is 2.32 bits per heavy atom. The van der Waals surface area contributed by atoms with Crippen LogP contribution in [0.2, 0.25) is 0 Å². The molecule has 0 fully saturated rings. The predicted molar refractivity (Wildman–Crippen MR) is 148 cm³/mol. The topological polar surface area (TPSA) is 146 Å². The lowest BCUT2D eigenvalue weighted by molar-refractivity contribution is -0.118. The van der Waals surface area contributed by atoms with Crippen LogP contribution in [0.15, 0.2) is 76.8 Å². The predicted octanol–water partition coefficient (Wildman–Crippen LogP) is 3.49. The average molecular weight is 554 g/mol. The number of nitrogens with two attached hydrogens (primary N) is 1. The molecule has 0 atom stereocenters. The second-order valence-corrected chi connectivity index (χ2v) is 10.7. The van der Waals surface area contributed by atoms with Crippen LogP contribution >= 0.6 is 11.8 Å². The van der Waals surface area contributed by atoms with Crippen molar-refractivity contribution in [3.63, 3.8) is 0 Å². The van der Waals surface area contributed by atoms with Crippen molar-refractivity contribution in [2.75, 3.05) is 31.8 Å². The van der Waals surface area contributed by atoms with Crippen molar-refractivity contribution in [2.24, 2.45) is 5.14 Å². The number of hydrogen-bond donors (Lipinski definition) is 3. The van der Waals surface area contributed by atoms with Gasteiger partial charge in [0.25, 0.3) is 0 Å². The summed E-state index contributed by atoms with van der Waals surface area (Å²) in [4.78, 5) is 21.7. The molecule has 3 aromatic carbocycles. The second-order valence-electron chi connectivity index (χ2n) is 8.18. The largest absolute Gasteiger partial charge is 0.497 e. The first-order chi connectivity index (χ1) is 18.2. The van der Waals surface area contributed by atoms with E-state index < -0.39 is 10.0 Å². The number of ether oxygens (including phenoxy) is 2. The van der Waals surface area contributed by atoms with Crippen LogP contribution in [0, 0.1) is 0 Å². The number of para-hydroxylation sites is 1. The summed E-state index contributed by atoms with van der Waals surface area (Å²) in [6.45, 7) is 0.400. The number of hydrogen-bond acceptors (Lipinski definition) is 9. The fourth-order valence-corrected chi connectivity index (χ4v) is 4.80. The van der Waals surface area contributed by atoms with E-state index in [0.717, 1.165) is 22.2 Å². The molecule has 0 unspecified atom stereocenters. The Labute approximate surface area is 225 Å². The van der Waals surface area contributed by atoms with Crippen LogP contribution < -0.4 is 25.2 Å². The quantitative estimate of drug-likeness (QED) is 0.188. The number of benzene rings is 3. The summed E-state index contributed by atoms with van der Waals surface area (Å²) in [5.41, 5.74) is 2.36. The standard InChI is InChI=1S/C26H27N5O5S2/c1-35-19-13-18(14-20(15-19)36-2)29-25-22-5-3-4-6-23(22)30-26(31-25)37-16-24(32)28-12-11-17-7-9-21(10-8-17)38(27,33)34/h3-10,13-15H,11-12,16H2,1-2H3,(H,28,32)(H2,27,33,34)(H,29,30,31). The van der Waals surface area contributed by atoms with Crippen molar-refractivity contribution in [1.29, 1.82) is 0 Å². The molecule has 0 radical (unpaired) electrons. The monoisotopic (exact) mass is 553 g/mol. The molecule has 38 heavy (non-hydrogen) atoms. The SMILES string of the molecule is COc1cc(Nc2nc(SCC(=O)NCCc3ccc(S(N)(=O)=O)cc3)nc3ccccc23)cc(OC)c1. The van der Waals surface area contributed by atoms with E-state index in [1.807, 2.05) is 36.4 Å². The summed E-state index contributed by atoms with van der Waals surface area (Å²) in [7, 11) is -0.557. The van der Waals surface area contributed by atoms with Crippen LogP contribution in [0.5, 0.6) is 11.5 Å². The summed E-state index contributed by atoms with van der Waals surface area (Å²) in [5, 5.41) is 12.6. The molecule has 0 aliphatic heterocycles. The van der Waals surface area contributed by atoms with Gasteiger partial charge in [-0.15, -0.1) is 0 Å². The van der Waals surface area contributed by atoms with Crippen molar-refractivity contribution in [1.82, 2.24) is 15.3 Å². The number of carbonyl (C=O) groups is 1. The van der Waals surface area contributed by atoms with Crippen LogP contribution in [0.25, 0.3) is 10.9 Å². The number of thioether (sulfide) groups is 1. The highest BCUT2D eigenvalue weighted by atomic mass is 32.2. The van der Waals surface area contributed by atoms with Gasteiger partial charge >= 0.3 is 0 Å². The van der Waals surface area contributed by atoms with Crippen molar-refractivity contribution in [3.05, 3.63) is 72.3 Å². The molecule has 0 spiro atoms. The van der Waals surface area contributed by atoms with Gasteiger partial charge in [-0.25, -0.2) is 23.5 Å². The van der Waals surface area contributed by atoms with Gasteiger partial charge in [0.1, 0.15) is 17.3 Å². The molecular weight excluding hydrogens is 526 g/mol. The lowest BCUT2D eigenvalue weighted by atomic mass is 10.1. The molecule has 4 rings (SSSR count). The molecule has 1 amide bonds. The average Bonchev–Trinajstić information content (AvgIpc) is 2.91. The normalized spacial score (nSPS) is 11.2. The number of sulfonamides is 1. The maximum absolute atomic E-state index is 12.4. The molecule has 4 aromatic rings. The molecule has 12 heteroatoms. The first kappa shape index (κ1) is 27.2. The summed E-state index contributed by atoms with van der Waals surface area (Å²) in [5.74, 6) is 1.83. The van der Waals surface area contributed by atoms with Crippen LogP contribution in [0.4, 0.5) is 11.5 Å². The van der Waals surface area contributed by atoms with Crippen molar-refractivity contribution in [3.8, 4) is 11.5 Å². The number of nitrogens with one attached hydrogen (secondary N) is 2. The number of methoxy groups -OCH3 is 2. The van der Waals surface area contributed by atoms with Crippen LogP contribution in [-0.4, -0.2) is 50.8 Å². The molecule has 0 aliphatic rings. The highest BCUT2D eigenvalue weighted by Gasteiger charge is 2.12. The van der Waals surface area contributed by atoms with Gasteiger partial charge in [-0.3, -0.25) is 4.79 Å². The van der Waals surface area contributed by atoms with E-state index in [4.69, 9.17) is 14.6 Å². The number of amides is 1. The third-order valence-corrected chi connectivity index (χ3v) is 7.29. The van der Waals surface area contributed by atoms with Crippen molar-refractivity contribution < 1.29 is 22.7 Å². The van der Waals surface area contributed by atoms with E-state index in [0.29, 0.717) is 35.4 Å². The zero-order valence-corrected chi connectivity index (χ0v) is 22.4. The molecule has 1 heterocycles. The smallest absolute Gasteiger partial charge is 0.238 e. The maximum atomic E-state index is 12.4. The van der Waals surface area contributed by atoms with Gasteiger partial charge in [-0.2, -0.15) is 0 Å². The number of carbonyl (C=O) groups excluding carboxylic acids is 1. The minimum absolute atomic E-state index is 0.0523. The lowest BCUT2D eigenvalue weighted by Crippen LogP contribution is -2.27. The first-order valence-electron chi connectivity index (χ1n) is 11.5. The van der Waals surface area contributed by atoms with E-state index in [1.54, 1.807) is 32.4 Å². The Bertz CT molecular complexity index is 1520. The van der Waals surface area contributed by atoms with Crippen LogP contribution in [0.1, 0.15) is 5.56 Å². The summed E-state index contributed by atoms with van der Waals surface area (Å²) in [6, 6.07) is 19.3. The Balaban J connectivity index is 1.40. The summed E-state index contributed by atoms with van der Waals surface area (Å²) < 4.78 is 33.5. The van der Waals surface area contributed by atoms with E-state index >= 15 is 0 Å². The minimum atomic E-state index is -3.73. The molecule has 4 N–H and O–H groups in total. The molecule has 198 valence electrons. The number of rotatable bonds is 11. The number of aromatic nitrogens is 2. The Kier molecular flexibility index (Phi) is 8.66. The van der Waals surface area contributed by atoms with Gasteiger partial charge in [0, 0.05) is 35.8 Å². The number of primary sulfonamides is 1. The Hall–Kier alpha value is -3.87. The van der Waals surface area contributed by atoms with Gasteiger partial charge in [-0.1, -0.05) is 36.0 Å². The Morgan fingerprint density at radius 2 is 1.66 bits per heavy atom. The summed E-state index contributed by atoms with van der Waals surface area (Å²) >= 11 is 1.23. The van der Waals surface area contributed by atoms with Gasteiger partial charge in [0.2, 0.25) is 15.9 Å². The number of nitrogens with zero attached hydrogens (tertiary/aromatic N) is 2. The lowest BCUT2D eigenvalue weighted by Gasteiger charge is -2.13. The van der Waals surface area contributed by atoms with E-state index in [1.165, 1.54) is 23.9 Å². The molecular formula is C26H27N5O5S2. The van der Waals surface area contributed by atoms with Crippen molar-refractivity contribution in [2.45, 2.75) is 16.5 Å². The second kappa shape index (κ2) is 12.1. The number of anilines is 2. The Morgan fingerprint density at radius 1 is 0.974 bits per heavy atom. The molecule has 0 saturated heterocycles. The van der Waals surface area contributed by atoms with Gasteiger partial charge in [0.05, 0.1) is 30.4 Å². The summed E-state index contributed by atoms with van der Waals surface area (Å²) in [6.07, 6.45) is 0.547. The zero-order valence-electron chi connectivity index (χ0n) is 20.8. The molecule has 0 aliphatic carbocycles. The van der Waals surface area contributed by atoms with Crippen LogP contribution in [-0.2, 0) is 21.2 Å². The van der Waals surface area contributed by atoms with Gasteiger partial charge in [-0.05, 0) is 36.2 Å². The molecule has 0 bridgehead atoms. The molecule has 1 aromatic heterocycles. The third kappa shape index (κ3) is 7.12. The fraction of sp³-hybridized carbons (Fsp3) is 0.192. The first-order valence-corrected chi connectivity index (χ1v) is 14.1. The highest BCUT2D eigenvalue weighted by molar-refractivity contribution is 7.99. The van der Waals surface area contributed by atoms with Gasteiger partial charge < -0.3 is 20.1 Å². The van der Waals surface area contributed by atoms with Crippen LogP contribution in [0.3, 0.4) is 0 Å². The van der Waals surface area contributed by atoms with E-state index in [-0.39, 0.29) is 16.6 Å². The van der Waals surface area contributed by atoms with Gasteiger partial charge in [0.15, 0.2) is 5.16 Å². The van der Waals surface area contributed by atoms with Crippen molar-refractivity contribution >= 4 is 50.1 Å². The van der Waals surface area contributed by atoms with E-state index in [2.05, 4.69) is 20.6 Å². The molecule has 10 nitrogen and oxygen atoms in total. The zero-order chi connectivity index (χ0) is 27.1. The fourth-order valence-electron chi connectivity index (χ4n) is 3.60. The van der Waals surface area contributed by atoms with E-state index in [9.17, 15) is 13.2 Å². The maximum Gasteiger partial charge on any atom is 0.238 e. The molecule has 0 saturated carbocycles. The third-order valence-electron chi connectivity index (χ3n) is 5.52. The highest BCUT2D eigenvalue weighted by Crippen LogP contribution is 2.31. The number of fused-ring (bicyclic) bond motifs is 1.